The van der Waals surface area contributed by atoms with Gasteiger partial charge in [0.15, 0.2) is 5.58 Å². The maximum Gasteiger partial charge on any atom is 0.167 e. The highest BCUT2D eigenvalue weighted by atomic mass is 16.5. The second kappa shape index (κ2) is 5.90. The first-order valence-electron chi connectivity index (χ1n) is 7.12. The molecule has 20 heavy (non-hydrogen) atoms. The lowest BCUT2D eigenvalue weighted by molar-refractivity contribution is 0.358. The fourth-order valence-corrected chi connectivity index (χ4v) is 2.13. The quantitative estimate of drug-likeness (QED) is 0.750. The molecule has 104 valence electrons. The van der Waals surface area contributed by atoms with Crippen molar-refractivity contribution in [1.82, 2.24) is 10.1 Å². The number of benzene rings is 1. The number of hydrogen-bond acceptors (Lipinski definition) is 4. The minimum absolute atomic E-state index is 0.679. The van der Waals surface area contributed by atoms with E-state index in [4.69, 9.17) is 4.52 Å². The van der Waals surface area contributed by atoms with Crippen LogP contribution in [0.3, 0.4) is 0 Å². The number of hydrogen-bond donors (Lipinski definition) is 0. The van der Waals surface area contributed by atoms with E-state index in [9.17, 15) is 0 Å². The van der Waals surface area contributed by atoms with Crippen molar-refractivity contribution in [1.29, 1.82) is 0 Å². The van der Waals surface area contributed by atoms with Crippen LogP contribution in [0.2, 0.25) is 0 Å². The standard InChI is InChI=1S/C16H19N3O/c1-2-9-17-12-19(10-13-7-8-13)11-15-14-5-3-4-6-16(14)20-18-15/h3-6,9-10H,2,7-8,11-12H2,1H3. The van der Waals surface area contributed by atoms with Crippen LogP contribution in [-0.2, 0) is 6.54 Å². The van der Waals surface area contributed by atoms with Crippen molar-refractivity contribution in [3.05, 3.63) is 41.7 Å². The van der Waals surface area contributed by atoms with Crippen molar-refractivity contribution in [2.45, 2.75) is 32.7 Å². The molecule has 0 amide bonds. The van der Waals surface area contributed by atoms with Crippen molar-refractivity contribution in [2.24, 2.45) is 4.99 Å². The van der Waals surface area contributed by atoms with Crippen molar-refractivity contribution >= 4 is 17.2 Å². The van der Waals surface area contributed by atoms with Gasteiger partial charge in [-0.1, -0.05) is 29.8 Å². The van der Waals surface area contributed by atoms with E-state index in [1.807, 2.05) is 24.4 Å². The van der Waals surface area contributed by atoms with E-state index in [0.717, 1.165) is 29.6 Å². The Hall–Kier alpha value is -2.10. The Morgan fingerprint density at radius 2 is 2.20 bits per heavy atom. The topological polar surface area (TPSA) is 41.6 Å². The minimum atomic E-state index is 0.679. The highest BCUT2D eigenvalue weighted by Gasteiger charge is 2.15. The van der Waals surface area contributed by atoms with Crippen LogP contribution in [-0.4, -0.2) is 22.9 Å². The molecule has 0 saturated heterocycles. The third-order valence-electron chi connectivity index (χ3n) is 3.28. The van der Waals surface area contributed by atoms with E-state index < -0.39 is 0 Å². The van der Waals surface area contributed by atoms with Gasteiger partial charge in [-0.2, -0.15) is 0 Å². The minimum Gasteiger partial charge on any atom is -0.356 e. The number of aliphatic imine (C=N–C) groups is 1. The molecule has 0 spiro atoms. The summed E-state index contributed by atoms with van der Waals surface area (Å²) in [5.74, 6) is 0. The average Bonchev–Trinajstić information content (AvgIpc) is 3.19. The predicted octanol–water partition coefficient (Wildman–Crippen LogP) is 3.75. The molecular weight excluding hydrogens is 250 g/mol. The fourth-order valence-electron chi connectivity index (χ4n) is 2.13. The Kier molecular flexibility index (Phi) is 3.81. The average molecular weight is 269 g/mol. The molecule has 1 aromatic carbocycles. The molecule has 0 aliphatic heterocycles. The summed E-state index contributed by atoms with van der Waals surface area (Å²) in [7, 11) is 0. The van der Waals surface area contributed by atoms with E-state index in [0.29, 0.717) is 6.67 Å². The normalized spacial score (nSPS) is 14.2. The highest BCUT2D eigenvalue weighted by Crippen LogP contribution is 2.28. The lowest BCUT2D eigenvalue weighted by Crippen LogP contribution is -2.17. The molecule has 2 aromatic rings. The molecule has 0 unspecified atom stereocenters. The van der Waals surface area contributed by atoms with Crippen molar-refractivity contribution in [3.63, 3.8) is 0 Å². The summed E-state index contributed by atoms with van der Waals surface area (Å²) in [6, 6.07) is 7.98. The van der Waals surface area contributed by atoms with E-state index in [1.54, 1.807) is 0 Å². The second-order valence-electron chi connectivity index (χ2n) is 5.07. The third kappa shape index (κ3) is 3.07. The lowest BCUT2D eigenvalue weighted by atomic mass is 10.2. The van der Waals surface area contributed by atoms with Crippen LogP contribution in [0, 0.1) is 0 Å². The largest absolute Gasteiger partial charge is 0.356 e. The van der Waals surface area contributed by atoms with Crippen LogP contribution in [0.15, 0.2) is 45.6 Å². The van der Waals surface area contributed by atoms with Crippen LogP contribution in [0.5, 0.6) is 0 Å². The molecule has 0 radical (unpaired) electrons. The number of fused-ring (bicyclic) bond motifs is 1. The molecule has 1 aromatic heterocycles. The molecule has 0 N–H and O–H groups in total. The van der Waals surface area contributed by atoms with Gasteiger partial charge in [-0.05, 0) is 31.4 Å². The number of para-hydroxylation sites is 1. The molecule has 4 heteroatoms. The SMILES string of the molecule is CCC=NCN(C=C1CC1)Cc1noc2ccccc12. The zero-order chi connectivity index (χ0) is 13.8. The molecule has 1 fully saturated rings. The van der Waals surface area contributed by atoms with Gasteiger partial charge < -0.3 is 9.42 Å². The van der Waals surface area contributed by atoms with Crippen LogP contribution in [0.1, 0.15) is 31.9 Å². The monoisotopic (exact) mass is 269 g/mol. The summed E-state index contributed by atoms with van der Waals surface area (Å²) < 4.78 is 5.36. The first-order chi connectivity index (χ1) is 9.86. The summed E-state index contributed by atoms with van der Waals surface area (Å²) in [5.41, 5.74) is 3.31. The fraction of sp³-hybridized carbons (Fsp3) is 0.375. The summed E-state index contributed by atoms with van der Waals surface area (Å²) in [6.45, 7) is 3.51. The van der Waals surface area contributed by atoms with Crippen LogP contribution >= 0.6 is 0 Å². The second-order valence-corrected chi connectivity index (χ2v) is 5.07. The first kappa shape index (κ1) is 12.9. The van der Waals surface area contributed by atoms with Crippen molar-refractivity contribution in [2.75, 3.05) is 6.67 Å². The van der Waals surface area contributed by atoms with Gasteiger partial charge in [0, 0.05) is 17.8 Å². The van der Waals surface area contributed by atoms with Gasteiger partial charge in [-0.25, -0.2) is 0 Å². The smallest absolute Gasteiger partial charge is 0.167 e. The van der Waals surface area contributed by atoms with Gasteiger partial charge in [-0.3, -0.25) is 4.99 Å². The van der Waals surface area contributed by atoms with Crippen molar-refractivity contribution in [3.8, 4) is 0 Å². The Bertz CT molecular complexity index is 636. The molecule has 0 bridgehead atoms. The molecule has 1 aliphatic carbocycles. The zero-order valence-electron chi connectivity index (χ0n) is 11.7. The van der Waals surface area contributed by atoms with Gasteiger partial charge in [0.25, 0.3) is 0 Å². The lowest BCUT2D eigenvalue weighted by Gasteiger charge is -2.16. The van der Waals surface area contributed by atoms with E-state index >= 15 is 0 Å². The number of rotatable bonds is 6. The Balaban J connectivity index is 1.78. The molecular formula is C16H19N3O. The summed E-state index contributed by atoms with van der Waals surface area (Å²) in [5, 5.41) is 5.28. The number of aromatic nitrogens is 1. The van der Waals surface area contributed by atoms with E-state index in [2.05, 4.69) is 34.2 Å². The van der Waals surface area contributed by atoms with Gasteiger partial charge in [0.2, 0.25) is 0 Å². The molecule has 1 saturated carbocycles. The first-order valence-corrected chi connectivity index (χ1v) is 7.12. The van der Waals surface area contributed by atoms with Gasteiger partial charge in [-0.15, -0.1) is 0 Å². The number of nitrogens with zero attached hydrogens (tertiary/aromatic N) is 3. The Morgan fingerprint density at radius 1 is 1.35 bits per heavy atom. The van der Waals surface area contributed by atoms with Gasteiger partial charge in [0.1, 0.15) is 12.4 Å². The Morgan fingerprint density at radius 3 is 3.00 bits per heavy atom. The molecule has 0 atom stereocenters. The Labute approximate surface area is 118 Å². The zero-order valence-corrected chi connectivity index (χ0v) is 11.7. The van der Waals surface area contributed by atoms with Gasteiger partial charge in [0.05, 0.1) is 6.54 Å². The van der Waals surface area contributed by atoms with Crippen LogP contribution in [0.4, 0.5) is 0 Å². The summed E-state index contributed by atoms with van der Waals surface area (Å²) >= 11 is 0. The summed E-state index contributed by atoms with van der Waals surface area (Å²) in [4.78, 5) is 6.64. The third-order valence-corrected chi connectivity index (χ3v) is 3.28. The molecule has 1 heterocycles. The van der Waals surface area contributed by atoms with Crippen LogP contribution < -0.4 is 0 Å². The van der Waals surface area contributed by atoms with E-state index in [1.165, 1.54) is 18.4 Å². The van der Waals surface area contributed by atoms with Crippen molar-refractivity contribution < 1.29 is 4.52 Å². The molecule has 1 aliphatic rings. The highest BCUT2D eigenvalue weighted by molar-refractivity contribution is 5.79. The number of allylic oxidation sites excluding steroid dienone is 1. The summed E-state index contributed by atoms with van der Waals surface area (Å²) in [6.07, 6.45) is 7.58. The predicted molar refractivity (Wildman–Crippen MR) is 80.5 cm³/mol. The van der Waals surface area contributed by atoms with E-state index in [-0.39, 0.29) is 0 Å². The molecule has 4 nitrogen and oxygen atoms in total. The maximum absolute atomic E-state index is 5.36. The molecule has 3 rings (SSSR count). The maximum atomic E-state index is 5.36. The van der Waals surface area contributed by atoms with Crippen LogP contribution in [0.25, 0.3) is 11.0 Å². The van der Waals surface area contributed by atoms with Gasteiger partial charge >= 0.3 is 0 Å².